The maximum atomic E-state index is 6.21. The summed E-state index contributed by atoms with van der Waals surface area (Å²) in [6, 6.07) is 0. The van der Waals surface area contributed by atoms with Crippen molar-refractivity contribution >= 4 is 11.6 Å². The van der Waals surface area contributed by atoms with Gasteiger partial charge in [-0.15, -0.1) is 11.6 Å². The molecule has 1 saturated carbocycles. The highest BCUT2D eigenvalue weighted by Crippen LogP contribution is 2.35. The van der Waals surface area contributed by atoms with Gasteiger partial charge in [-0.3, -0.25) is 0 Å². The van der Waals surface area contributed by atoms with Gasteiger partial charge in [0.05, 0.1) is 6.10 Å². The fourth-order valence-electron chi connectivity index (χ4n) is 3.12. The molecule has 2 fully saturated rings. The van der Waals surface area contributed by atoms with Crippen LogP contribution in [0, 0.1) is 11.8 Å². The SMILES string of the molecule is CC(C1CCCCC1)C1CC(Cl)CCO1. The minimum atomic E-state index is 0.356. The molecular weight excluding hydrogens is 208 g/mol. The summed E-state index contributed by atoms with van der Waals surface area (Å²) in [6.45, 7) is 3.24. The summed E-state index contributed by atoms with van der Waals surface area (Å²) >= 11 is 6.21. The molecule has 15 heavy (non-hydrogen) atoms. The third kappa shape index (κ3) is 3.10. The monoisotopic (exact) mass is 230 g/mol. The van der Waals surface area contributed by atoms with Gasteiger partial charge in [0.2, 0.25) is 0 Å². The fourth-order valence-corrected chi connectivity index (χ4v) is 3.38. The van der Waals surface area contributed by atoms with Gasteiger partial charge in [-0.2, -0.15) is 0 Å². The topological polar surface area (TPSA) is 9.23 Å². The van der Waals surface area contributed by atoms with Gasteiger partial charge in [-0.1, -0.05) is 39.0 Å². The molecule has 3 unspecified atom stereocenters. The summed E-state index contributed by atoms with van der Waals surface area (Å²) < 4.78 is 5.88. The third-order valence-corrected chi connectivity index (χ3v) is 4.63. The molecule has 1 saturated heterocycles. The maximum Gasteiger partial charge on any atom is 0.0617 e. The molecule has 0 amide bonds. The molecule has 3 atom stereocenters. The summed E-state index contributed by atoms with van der Waals surface area (Å²) in [5.74, 6) is 1.61. The largest absolute Gasteiger partial charge is 0.378 e. The molecular formula is C13H23ClO. The zero-order chi connectivity index (χ0) is 10.7. The van der Waals surface area contributed by atoms with Crippen LogP contribution in [0.3, 0.4) is 0 Å². The van der Waals surface area contributed by atoms with E-state index in [4.69, 9.17) is 16.3 Å². The number of hydrogen-bond acceptors (Lipinski definition) is 1. The Bertz CT molecular complexity index is 189. The molecule has 1 nitrogen and oxygen atoms in total. The van der Waals surface area contributed by atoms with Crippen LogP contribution in [0.2, 0.25) is 0 Å². The highest BCUT2D eigenvalue weighted by molar-refractivity contribution is 6.20. The average Bonchev–Trinajstić information content (AvgIpc) is 2.29. The van der Waals surface area contributed by atoms with Crippen LogP contribution in [0.1, 0.15) is 51.9 Å². The van der Waals surface area contributed by atoms with E-state index in [0.29, 0.717) is 17.4 Å². The van der Waals surface area contributed by atoms with Gasteiger partial charge < -0.3 is 4.74 Å². The lowest BCUT2D eigenvalue weighted by molar-refractivity contribution is -0.0349. The Morgan fingerprint density at radius 2 is 1.87 bits per heavy atom. The van der Waals surface area contributed by atoms with Crippen molar-refractivity contribution < 1.29 is 4.74 Å². The van der Waals surface area contributed by atoms with Crippen LogP contribution >= 0.6 is 11.6 Å². The summed E-state index contributed by atoms with van der Waals surface area (Å²) in [5, 5.41) is 0.356. The molecule has 0 spiro atoms. The Labute approximate surface area is 98.5 Å². The minimum Gasteiger partial charge on any atom is -0.378 e. The maximum absolute atomic E-state index is 6.21. The Kier molecular flexibility index (Phi) is 4.33. The molecule has 0 N–H and O–H groups in total. The van der Waals surface area contributed by atoms with Crippen LogP contribution in [-0.4, -0.2) is 18.1 Å². The smallest absolute Gasteiger partial charge is 0.0617 e. The molecule has 2 heteroatoms. The van der Waals surface area contributed by atoms with Crippen LogP contribution in [0.25, 0.3) is 0 Å². The third-order valence-electron chi connectivity index (χ3n) is 4.23. The molecule has 88 valence electrons. The first-order valence-electron chi connectivity index (χ1n) is 6.53. The van der Waals surface area contributed by atoms with Crippen molar-refractivity contribution in [2.75, 3.05) is 6.61 Å². The van der Waals surface area contributed by atoms with E-state index < -0.39 is 0 Å². The first-order valence-corrected chi connectivity index (χ1v) is 6.96. The number of rotatable bonds is 2. The Morgan fingerprint density at radius 1 is 1.13 bits per heavy atom. The Balaban J connectivity index is 1.85. The molecule has 0 radical (unpaired) electrons. The van der Waals surface area contributed by atoms with E-state index in [9.17, 15) is 0 Å². The van der Waals surface area contributed by atoms with E-state index in [0.717, 1.165) is 25.4 Å². The zero-order valence-electron chi connectivity index (χ0n) is 9.75. The van der Waals surface area contributed by atoms with Crippen molar-refractivity contribution in [2.24, 2.45) is 11.8 Å². The van der Waals surface area contributed by atoms with Gasteiger partial charge in [-0.05, 0) is 24.7 Å². The van der Waals surface area contributed by atoms with E-state index in [1.54, 1.807) is 0 Å². The molecule has 2 aliphatic rings. The van der Waals surface area contributed by atoms with Crippen LogP contribution in [0.5, 0.6) is 0 Å². The standard InChI is InChI=1S/C13H23ClO/c1-10(11-5-3-2-4-6-11)13-9-12(14)7-8-15-13/h10-13H,2-9H2,1H3. The van der Waals surface area contributed by atoms with Gasteiger partial charge in [0, 0.05) is 12.0 Å². The quantitative estimate of drug-likeness (QED) is 0.652. The average molecular weight is 231 g/mol. The first kappa shape index (κ1) is 11.7. The number of ether oxygens (including phenoxy) is 1. The van der Waals surface area contributed by atoms with Crippen LogP contribution < -0.4 is 0 Å². The van der Waals surface area contributed by atoms with Gasteiger partial charge in [0.25, 0.3) is 0 Å². The fraction of sp³-hybridized carbons (Fsp3) is 1.00. The molecule has 1 heterocycles. The van der Waals surface area contributed by atoms with E-state index in [1.807, 2.05) is 0 Å². The van der Waals surface area contributed by atoms with Crippen molar-refractivity contribution in [1.29, 1.82) is 0 Å². The molecule has 0 bridgehead atoms. The second-order valence-electron chi connectivity index (χ2n) is 5.29. The molecule has 0 aromatic heterocycles. The summed E-state index contributed by atoms with van der Waals surface area (Å²) in [6.07, 6.45) is 9.64. The van der Waals surface area contributed by atoms with Crippen molar-refractivity contribution in [2.45, 2.75) is 63.4 Å². The lowest BCUT2D eigenvalue weighted by Crippen LogP contribution is -2.35. The molecule has 0 aromatic rings. The molecule has 1 aliphatic heterocycles. The summed E-state index contributed by atoms with van der Waals surface area (Å²) in [5.41, 5.74) is 0. The number of halogens is 1. The van der Waals surface area contributed by atoms with Crippen LogP contribution in [0.4, 0.5) is 0 Å². The number of hydrogen-bond donors (Lipinski definition) is 0. The lowest BCUT2D eigenvalue weighted by atomic mass is 9.77. The first-order chi connectivity index (χ1) is 7.27. The van der Waals surface area contributed by atoms with Crippen molar-refractivity contribution in [1.82, 2.24) is 0 Å². The Hall–Kier alpha value is 0.250. The predicted molar refractivity (Wildman–Crippen MR) is 64.4 cm³/mol. The zero-order valence-corrected chi connectivity index (χ0v) is 10.5. The molecule has 1 aliphatic carbocycles. The Morgan fingerprint density at radius 3 is 2.53 bits per heavy atom. The van der Waals surface area contributed by atoms with Crippen molar-refractivity contribution in [3.8, 4) is 0 Å². The second kappa shape index (κ2) is 5.54. The van der Waals surface area contributed by atoms with Gasteiger partial charge >= 0.3 is 0 Å². The van der Waals surface area contributed by atoms with Gasteiger partial charge in [0.1, 0.15) is 0 Å². The van der Waals surface area contributed by atoms with Crippen LogP contribution in [0.15, 0.2) is 0 Å². The minimum absolute atomic E-state index is 0.356. The number of alkyl halides is 1. The van der Waals surface area contributed by atoms with Gasteiger partial charge in [-0.25, -0.2) is 0 Å². The molecule has 2 rings (SSSR count). The second-order valence-corrected chi connectivity index (χ2v) is 5.91. The van der Waals surface area contributed by atoms with E-state index >= 15 is 0 Å². The highest BCUT2D eigenvalue weighted by atomic mass is 35.5. The van der Waals surface area contributed by atoms with Crippen LogP contribution in [-0.2, 0) is 4.74 Å². The normalized spacial score (nSPS) is 36.4. The highest BCUT2D eigenvalue weighted by Gasteiger charge is 2.31. The predicted octanol–water partition coefficient (Wildman–Crippen LogP) is 3.99. The van der Waals surface area contributed by atoms with Crippen molar-refractivity contribution in [3.63, 3.8) is 0 Å². The van der Waals surface area contributed by atoms with E-state index in [1.165, 1.54) is 32.1 Å². The lowest BCUT2D eigenvalue weighted by Gasteiger charge is -2.36. The van der Waals surface area contributed by atoms with E-state index in [2.05, 4.69) is 6.92 Å². The summed E-state index contributed by atoms with van der Waals surface area (Å²) in [4.78, 5) is 0. The van der Waals surface area contributed by atoms with Crippen molar-refractivity contribution in [3.05, 3.63) is 0 Å². The van der Waals surface area contributed by atoms with Gasteiger partial charge in [0.15, 0.2) is 0 Å². The molecule has 0 aromatic carbocycles. The van der Waals surface area contributed by atoms with E-state index in [-0.39, 0.29) is 0 Å². The summed E-state index contributed by atoms with van der Waals surface area (Å²) in [7, 11) is 0.